The van der Waals surface area contributed by atoms with E-state index in [1.165, 1.54) is 0 Å². The molecule has 3 rings (SSSR count). The van der Waals surface area contributed by atoms with Gasteiger partial charge in [0, 0.05) is 26.2 Å². The normalized spacial score (nSPS) is 28.1. The molecule has 2 aliphatic rings. The summed E-state index contributed by atoms with van der Waals surface area (Å²) in [5, 5.41) is 10.5. The zero-order valence-electron chi connectivity index (χ0n) is 14.8. The molecule has 2 atom stereocenters. The second-order valence-electron chi connectivity index (χ2n) is 6.59. The van der Waals surface area contributed by atoms with Crippen LogP contribution in [-0.2, 0) is 9.53 Å². The molecule has 2 heterocycles. The number of aliphatic imine (C=N–C) groups is 1. The first-order valence-corrected chi connectivity index (χ1v) is 8.69. The summed E-state index contributed by atoms with van der Waals surface area (Å²) in [5.41, 5.74) is 0.189. The lowest BCUT2D eigenvalue weighted by Gasteiger charge is -2.41. The summed E-state index contributed by atoms with van der Waals surface area (Å²) in [4.78, 5) is 20.5. The van der Waals surface area contributed by atoms with Crippen LogP contribution in [0.5, 0.6) is 0 Å². The zero-order valence-corrected chi connectivity index (χ0v) is 14.8. The minimum atomic E-state index is -0.794. The first-order valence-electron chi connectivity index (χ1n) is 8.69. The molecular formula is C19H25N3O3. The van der Waals surface area contributed by atoms with Crippen molar-refractivity contribution in [3.63, 3.8) is 0 Å². The van der Waals surface area contributed by atoms with Crippen LogP contribution in [-0.4, -0.2) is 71.8 Å². The van der Waals surface area contributed by atoms with E-state index in [9.17, 15) is 9.90 Å². The number of likely N-dealkylation sites (N-methyl/N-ethyl adjacent to an activating group) is 1. The molecule has 2 saturated heterocycles. The van der Waals surface area contributed by atoms with Crippen LogP contribution >= 0.6 is 0 Å². The Morgan fingerprint density at radius 1 is 1.40 bits per heavy atom. The van der Waals surface area contributed by atoms with Crippen molar-refractivity contribution in [2.75, 3.05) is 33.2 Å². The molecule has 0 saturated carbocycles. The van der Waals surface area contributed by atoms with Crippen LogP contribution in [0.15, 0.2) is 41.4 Å². The first-order chi connectivity index (χ1) is 12.0. The van der Waals surface area contributed by atoms with Crippen LogP contribution in [0.4, 0.5) is 0 Å². The van der Waals surface area contributed by atoms with Gasteiger partial charge in [-0.05, 0) is 25.0 Å². The Morgan fingerprint density at radius 2 is 2.16 bits per heavy atom. The highest BCUT2D eigenvalue weighted by molar-refractivity contribution is 5.92. The molecule has 1 aromatic rings. The monoisotopic (exact) mass is 343 g/mol. The van der Waals surface area contributed by atoms with E-state index in [0.717, 1.165) is 5.56 Å². The number of ether oxygens (including phenoxy) is 1. The standard InChI is InChI=1S/C19H25N3O3/c1-3-20-18-21(2)13-19(25-18)14-22(12-11-16(19)23)17(24)10-9-15-7-5-4-6-8-15/h4-10,16,23H,3,11-14H2,1-2H3/b10-9+,20-18?/t16-,19-/m0/s1. The van der Waals surface area contributed by atoms with Gasteiger partial charge < -0.3 is 19.6 Å². The van der Waals surface area contributed by atoms with E-state index in [2.05, 4.69) is 4.99 Å². The van der Waals surface area contributed by atoms with Gasteiger partial charge in [-0.3, -0.25) is 4.79 Å². The number of amides is 1. The van der Waals surface area contributed by atoms with E-state index in [1.54, 1.807) is 11.0 Å². The molecule has 2 aliphatic heterocycles. The van der Waals surface area contributed by atoms with Gasteiger partial charge >= 0.3 is 0 Å². The molecule has 0 aromatic heterocycles. The second kappa shape index (κ2) is 7.27. The minimum Gasteiger partial charge on any atom is -0.452 e. The number of benzene rings is 1. The van der Waals surface area contributed by atoms with E-state index in [4.69, 9.17) is 4.74 Å². The molecule has 0 radical (unpaired) electrons. The molecule has 1 spiro atoms. The maximum absolute atomic E-state index is 12.6. The van der Waals surface area contributed by atoms with Crippen molar-refractivity contribution in [3.8, 4) is 0 Å². The number of rotatable bonds is 3. The fourth-order valence-electron chi connectivity index (χ4n) is 3.38. The molecule has 0 bridgehead atoms. The average Bonchev–Trinajstić information content (AvgIpc) is 2.93. The van der Waals surface area contributed by atoms with Gasteiger partial charge in [-0.1, -0.05) is 30.3 Å². The largest absolute Gasteiger partial charge is 0.452 e. The number of amidine groups is 1. The Hall–Kier alpha value is -2.34. The number of likely N-dealkylation sites (tertiary alicyclic amines) is 1. The van der Waals surface area contributed by atoms with Crippen LogP contribution in [0, 0.1) is 0 Å². The summed E-state index contributed by atoms with van der Waals surface area (Å²) >= 11 is 0. The minimum absolute atomic E-state index is 0.0674. The van der Waals surface area contributed by atoms with Crippen molar-refractivity contribution in [3.05, 3.63) is 42.0 Å². The Kier molecular flexibility index (Phi) is 5.08. The fraction of sp³-hybridized carbons (Fsp3) is 0.474. The summed E-state index contributed by atoms with van der Waals surface area (Å²) in [6.45, 7) is 3.97. The molecular weight excluding hydrogens is 318 g/mol. The molecule has 2 fully saturated rings. The Morgan fingerprint density at radius 3 is 2.88 bits per heavy atom. The maximum Gasteiger partial charge on any atom is 0.287 e. The third kappa shape index (κ3) is 3.69. The SMILES string of the molecule is CCN=C1O[C@@]2(CN1C)CN(C(=O)/C=C/c1ccccc1)CC[C@@H]2O. The number of carbonyl (C=O) groups excluding carboxylic acids is 1. The van der Waals surface area contributed by atoms with Gasteiger partial charge in [-0.15, -0.1) is 0 Å². The number of aliphatic hydroxyl groups is 1. The summed E-state index contributed by atoms with van der Waals surface area (Å²) in [7, 11) is 1.89. The van der Waals surface area contributed by atoms with Crippen LogP contribution < -0.4 is 0 Å². The molecule has 25 heavy (non-hydrogen) atoms. The predicted octanol–water partition coefficient (Wildman–Crippen LogP) is 1.37. The van der Waals surface area contributed by atoms with Crippen molar-refractivity contribution in [2.45, 2.75) is 25.0 Å². The predicted molar refractivity (Wildman–Crippen MR) is 97.1 cm³/mol. The van der Waals surface area contributed by atoms with Crippen molar-refractivity contribution < 1.29 is 14.6 Å². The number of hydrogen-bond donors (Lipinski definition) is 1. The van der Waals surface area contributed by atoms with Crippen molar-refractivity contribution in [2.24, 2.45) is 4.99 Å². The number of nitrogens with zero attached hydrogens (tertiary/aromatic N) is 3. The summed E-state index contributed by atoms with van der Waals surface area (Å²) in [5.74, 6) is -0.0674. The Bertz CT molecular complexity index is 674. The quantitative estimate of drug-likeness (QED) is 0.842. The molecule has 0 aliphatic carbocycles. The highest BCUT2D eigenvalue weighted by atomic mass is 16.6. The third-order valence-electron chi connectivity index (χ3n) is 4.69. The topological polar surface area (TPSA) is 65.4 Å². The first kappa shape index (κ1) is 17.5. The van der Waals surface area contributed by atoms with Gasteiger partial charge in [0.2, 0.25) is 5.91 Å². The molecule has 1 amide bonds. The van der Waals surface area contributed by atoms with Gasteiger partial charge in [-0.25, -0.2) is 4.99 Å². The fourth-order valence-corrected chi connectivity index (χ4v) is 3.38. The van der Waals surface area contributed by atoms with Gasteiger partial charge in [-0.2, -0.15) is 0 Å². The molecule has 6 heteroatoms. The maximum atomic E-state index is 12.6. The van der Waals surface area contributed by atoms with Crippen LogP contribution in [0.25, 0.3) is 6.08 Å². The highest BCUT2D eigenvalue weighted by Crippen LogP contribution is 2.32. The third-order valence-corrected chi connectivity index (χ3v) is 4.69. The molecule has 1 N–H and O–H groups in total. The van der Waals surface area contributed by atoms with E-state index < -0.39 is 11.7 Å². The van der Waals surface area contributed by atoms with Gasteiger partial charge in [0.15, 0.2) is 5.60 Å². The van der Waals surface area contributed by atoms with E-state index >= 15 is 0 Å². The number of aliphatic hydroxyl groups excluding tert-OH is 1. The highest BCUT2D eigenvalue weighted by Gasteiger charge is 2.52. The van der Waals surface area contributed by atoms with E-state index in [1.807, 2.05) is 55.3 Å². The number of piperidine rings is 1. The van der Waals surface area contributed by atoms with Gasteiger partial charge in [0.1, 0.15) is 0 Å². The lowest BCUT2D eigenvalue weighted by atomic mass is 9.89. The summed E-state index contributed by atoms with van der Waals surface area (Å²) in [6.07, 6.45) is 3.28. The van der Waals surface area contributed by atoms with Gasteiger partial charge in [0.25, 0.3) is 6.02 Å². The van der Waals surface area contributed by atoms with Crippen LogP contribution in [0.1, 0.15) is 18.9 Å². The summed E-state index contributed by atoms with van der Waals surface area (Å²) < 4.78 is 6.01. The number of hydrogen-bond acceptors (Lipinski definition) is 4. The molecule has 6 nitrogen and oxygen atoms in total. The molecule has 0 unspecified atom stereocenters. The van der Waals surface area contributed by atoms with Gasteiger partial charge in [0.05, 0.1) is 19.2 Å². The van der Waals surface area contributed by atoms with Crippen LogP contribution in [0.2, 0.25) is 0 Å². The lowest BCUT2D eigenvalue weighted by molar-refractivity contribution is -0.139. The average molecular weight is 343 g/mol. The molecule has 1 aromatic carbocycles. The van der Waals surface area contributed by atoms with Crippen LogP contribution in [0.3, 0.4) is 0 Å². The van der Waals surface area contributed by atoms with E-state index in [0.29, 0.717) is 38.6 Å². The van der Waals surface area contributed by atoms with Crippen molar-refractivity contribution in [1.29, 1.82) is 0 Å². The lowest BCUT2D eigenvalue weighted by Crippen LogP contribution is -2.60. The molecule has 134 valence electrons. The number of carbonyl (C=O) groups is 1. The van der Waals surface area contributed by atoms with Crippen molar-refractivity contribution in [1.82, 2.24) is 9.80 Å². The second-order valence-corrected chi connectivity index (χ2v) is 6.59. The smallest absolute Gasteiger partial charge is 0.287 e. The van der Waals surface area contributed by atoms with Crippen molar-refractivity contribution >= 4 is 18.0 Å². The van der Waals surface area contributed by atoms with E-state index in [-0.39, 0.29) is 5.91 Å². The summed E-state index contributed by atoms with van der Waals surface area (Å²) in [6, 6.07) is 10.3. The zero-order chi connectivity index (χ0) is 17.9. The Labute approximate surface area is 148 Å². The Balaban J connectivity index is 1.71.